The van der Waals surface area contributed by atoms with E-state index in [2.05, 4.69) is 0 Å². The highest BCUT2D eigenvalue weighted by Crippen LogP contribution is 2.32. The van der Waals surface area contributed by atoms with Gasteiger partial charge in [-0.3, -0.25) is 29.8 Å². The predicted octanol–water partition coefficient (Wildman–Crippen LogP) is 4.72. The molecule has 0 saturated carbocycles. The summed E-state index contributed by atoms with van der Waals surface area (Å²) in [5, 5.41) is 23.2. The lowest BCUT2D eigenvalue weighted by atomic mass is 10.3. The van der Waals surface area contributed by atoms with Gasteiger partial charge in [-0.25, -0.2) is 0 Å². The molecule has 0 N–H and O–H groups in total. The molecule has 0 atom stereocenters. The molecular weight excluding hydrogens is 312 g/mol. The summed E-state index contributed by atoms with van der Waals surface area (Å²) in [4.78, 5) is 20.3. The Morgan fingerprint density at radius 3 is 1.08 bits per heavy atom. The molecule has 0 unspecified atom stereocenters. The molecule has 0 saturated heterocycles. The van der Waals surface area contributed by atoms with Crippen LogP contribution in [0.1, 0.15) is 0 Å². The van der Waals surface area contributed by atoms with Crippen molar-refractivity contribution in [2.24, 2.45) is 0 Å². The summed E-state index contributed by atoms with van der Waals surface area (Å²) in [7, 11) is 0. The second kappa shape index (κ2) is 7.15. The van der Waals surface area contributed by atoms with Gasteiger partial charge in [-0.2, -0.15) is 0 Å². The Balaban J connectivity index is 1.69. The lowest BCUT2D eigenvalue weighted by Gasteiger charge is -2.10. The van der Waals surface area contributed by atoms with Gasteiger partial charge in [0, 0.05) is 0 Å². The smallest absolute Gasteiger partial charge is 0.225 e. The Hall–Kier alpha value is -3.54. The molecule has 3 aromatic rings. The maximum Gasteiger partial charge on any atom is 0.225 e. The third kappa shape index (κ3) is 3.61. The second-order valence-electron chi connectivity index (χ2n) is 4.67. The van der Waals surface area contributed by atoms with Crippen LogP contribution < -0.4 is 19.6 Å². The molecule has 0 aliphatic heterocycles. The minimum atomic E-state index is -0.313. The first kappa shape index (κ1) is 15.4. The molecule has 24 heavy (non-hydrogen) atoms. The third-order valence-electron chi connectivity index (χ3n) is 2.99. The van der Waals surface area contributed by atoms with Gasteiger partial charge in [-0.1, -0.05) is 36.4 Å². The molecular formula is C18H12O6. The van der Waals surface area contributed by atoms with Crippen molar-refractivity contribution in [2.45, 2.75) is 0 Å². The number of para-hydroxylation sites is 6. The summed E-state index contributed by atoms with van der Waals surface area (Å²) in [6.45, 7) is 0. The van der Waals surface area contributed by atoms with E-state index in [1.54, 1.807) is 48.5 Å². The van der Waals surface area contributed by atoms with Gasteiger partial charge >= 0.3 is 0 Å². The maximum absolute atomic E-state index is 11.6. The molecule has 3 rings (SSSR count). The monoisotopic (exact) mass is 324 g/mol. The average molecular weight is 324 g/mol. The van der Waals surface area contributed by atoms with Gasteiger partial charge in [0.2, 0.25) is 34.5 Å². The second-order valence-corrected chi connectivity index (χ2v) is 4.67. The van der Waals surface area contributed by atoms with E-state index in [1.165, 1.54) is 24.3 Å². The molecule has 0 heterocycles. The number of hydrogen-bond donors (Lipinski definition) is 0. The standard InChI is InChI=1S/C18H12O6/c19-13-7-1-3-9-15(13)21-23-17-11-5-6-12-18(17)24-22-16-10-4-2-8-14(16)20/h1-12H. The van der Waals surface area contributed by atoms with Crippen molar-refractivity contribution in [3.63, 3.8) is 0 Å². The van der Waals surface area contributed by atoms with E-state index in [0.29, 0.717) is 0 Å². The van der Waals surface area contributed by atoms with Crippen LogP contribution in [0.3, 0.4) is 0 Å². The molecule has 120 valence electrons. The van der Waals surface area contributed by atoms with E-state index < -0.39 is 0 Å². The van der Waals surface area contributed by atoms with Gasteiger partial charge in [0.25, 0.3) is 0 Å². The van der Waals surface area contributed by atoms with Gasteiger partial charge in [-0.05, 0) is 36.4 Å². The molecule has 0 fully saturated rings. The van der Waals surface area contributed by atoms with Crippen LogP contribution >= 0.6 is 0 Å². The van der Waals surface area contributed by atoms with E-state index >= 15 is 0 Å². The highest BCUT2D eigenvalue weighted by atomic mass is 17.2. The van der Waals surface area contributed by atoms with Crippen LogP contribution in [0.4, 0.5) is 0 Å². The van der Waals surface area contributed by atoms with Crippen molar-refractivity contribution in [2.75, 3.05) is 0 Å². The lowest BCUT2D eigenvalue weighted by Crippen LogP contribution is -2.05. The Kier molecular flexibility index (Phi) is 4.57. The summed E-state index contributed by atoms with van der Waals surface area (Å²) in [5.74, 6) is -0.176. The van der Waals surface area contributed by atoms with Crippen molar-refractivity contribution >= 4 is 0 Å². The fourth-order valence-corrected chi connectivity index (χ4v) is 1.81. The Bertz CT molecular complexity index is 749. The molecule has 0 aliphatic carbocycles. The van der Waals surface area contributed by atoms with Gasteiger partial charge in [0.05, 0.1) is 0 Å². The quantitative estimate of drug-likeness (QED) is 0.485. The van der Waals surface area contributed by atoms with Crippen LogP contribution in [-0.2, 0) is 10.2 Å². The predicted molar refractivity (Wildman–Crippen MR) is 82.1 cm³/mol. The van der Waals surface area contributed by atoms with Gasteiger partial charge in [0.15, 0.2) is 0 Å². The summed E-state index contributed by atoms with van der Waals surface area (Å²) in [6, 6.07) is 18.7. The summed E-state index contributed by atoms with van der Waals surface area (Å²) >= 11 is 0. The molecule has 3 aromatic carbocycles. The number of hydrogen-bond acceptors (Lipinski definition) is 4. The highest BCUT2D eigenvalue weighted by Gasteiger charge is 2.12. The fraction of sp³-hybridized carbons (Fsp3) is 0. The third-order valence-corrected chi connectivity index (χ3v) is 2.99. The zero-order chi connectivity index (χ0) is 16.8. The average Bonchev–Trinajstić information content (AvgIpc) is 2.61. The maximum atomic E-state index is 11.6. The van der Waals surface area contributed by atoms with Crippen LogP contribution in [0.25, 0.3) is 0 Å². The molecule has 0 aromatic heterocycles. The first-order chi connectivity index (χ1) is 11.7. The molecule has 0 bridgehead atoms. The van der Waals surface area contributed by atoms with Gasteiger partial charge < -0.3 is 0 Å². The number of rotatable bonds is 6. The molecule has 2 radical (unpaired) electrons. The zero-order valence-electron chi connectivity index (χ0n) is 12.4. The van der Waals surface area contributed by atoms with Crippen LogP contribution in [0.2, 0.25) is 0 Å². The van der Waals surface area contributed by atoms with E-state index in [4.69, 9.17) is 19.6 Å². The van der Waals surface area contributed by atoms with Crippen molar-refractivity contribution in [3.05, 3.63) is 72.8 Å². The minimum absolute atomic E-state index is 0.0399. The molecule has 6 nitrogen and oxygen atoms in total. The van der Waals surface area contributed by atoms with E-state index in [9.17, 15) is 10.2 Å². The van der Waals surface area contributed by atoms with Crippen molar-refractivity contribution in [1.29, 1.82) is 0 Å². The SMILES string of the molecule is [O]c1ccccc1OOc1ccccc1OOc1ccccc1[O]. The van der Waals surface area contributed by atoms with Crippen LogP contribution in [0, 0.1) is 0 Å². The topological polar surface area (TPSA) is 76.7 Å². The molecule has 6 heteroatoms. The van der Waals surface area contributed by atoms with Crippen LogP contribution in [0.15, 0.2) is 72.8 Å². The van der Waals surface area contributed by atoms with E-state index in [1.807, 2.05) is 0 Å². The first-order valence-electron chi connectivity index (χ1n) is 7.04. The Morgan fingerprint density at radius 1 is 0.417 bits per heavy atom. The minimum Gasteiger partial charge on any atom is -0.286 e. The lowest BCUT2D eigenvalue weighted by molar-refractivity contribution is -0.129. The molecule has 0 aliphatic rings. The van der Waals surface area contributed by atoms with E-state index in [0.717, 1.165) is 0 Å². The van der Waals surface area contributed by atoms with Crippen LogP contribution in [-0.4, -0.2) is 0 Å². The fourth-order valence-electron chi connectivity index (χ4n) is 1.81. The van der Waals surface area contributed by atoms with Gasteiger partial charge in [0.1, 0.15) is 0 Å². The Morgan fingerprint density at radius 2 is 0.708 bits per heavy atom. The normalized spacial score (nSPS) is 10.0. The first-order valence-corrected chi connectivity index (χ1v) is 7.04. The van der Waals surface area contributed by atoms with Crippen molar-refractivity contribution in [3.8, 4) is 34.5 Å². The van der Waals surface area contributed by atoms with Crippen molar-refractivity contribution < 1.29 is 29.8 Å². The summed E-state index contributed by atoms with van der Waals surface area (Å²) in [6.07, 6.45) is 0. The summed E-state index contributed by atoms with van der Waals surface area (Å²) in [5.41, 5.74) is 0. The van der Waals surface area contributed by atoms with Gasteiger partial charge in [-0.15, -0.1) is 0 Å². The summed E-state index contributed by atoms with van der Waals surface area (Å²) < 4.78 is 0. The van der Waals surface area contributed by atoms with Crippen LogP contribution in [0.5, 0.6) is 34.5 Å². The molecule has 0 amide bonds. The van der Waals surface area contributed by atoms with E-state index in [-0.39, 0.29) is 34.5 Å². The van der Waals surface area contributed by atoms with Crippen molar-refractivity contribution in [1.82, 2.24) is 0 Å². The zero-order valence-corrected chi connectivity index (χ0v) is 12.4. The largest absolute Gasteiger partial charge is 0.286 e. The Labute approximate surface area is 137 Å². The highest BCUT2D eigenvalue weighted by molar-refractivity contribution is 5.41. The number of benzene rings is 3. The molecule has 0 spiro atoms.